The summed E-state index contributed by atoms with van der Waals surface area (Å²) in [5.74, 6) is -1.68. The first-order chi connectivity index (χ1) is 10.3. The van der Waals surface area contributed by atoms with Crippen molar-refractivity contribution in [3.05, 3.63) is 23.8 Å². The number of hydrogen-bond donors (Lipinski definition) is 0. The largest absolute Gasteiger partial charge is 0.471 e. The van der Waals surface area contributed by atoms with Crippen LogP contribution in [-0.4, -0.2) is 63.9 Å². The zero-order valence-electron chi connectivity index (χ0n) is 11.9. The minimum atomic E-state index is -4.88. The fraction of sp³-hybridized carbons (Fsp3) is 0.538. The molecule has 0 aromatic carbocycles. The maximum Gasteiger partial charge on any atom is 0.471 e. The molecule has 1 aliphatic heterocycles. The average Bonchev–Trinajstić information content (AvgIpc) is 2.71. The molecule has 0 saturated carbocycles. The Morgan fingerprint density at radius 2 is 1.59 bits per heavy atom. The first-order valence-corrected chi connectivity index (χ1v) is 6.73. The molecule has 22 heavy (non-hydrogen) atoms. The number of halogens is 3. The first kappa shape index (κ1) is 16.2. The van der Waals surface area contributed by atoms with Crippen LogP contribution in [0.4, 0.5) is 13.2 Å². The number of alkyl halides is 3. The maximum absolute atomic E-state index is 12.4. The van der Waals surface area contributed by atoms with E-state index >= 15 is 0 Å². The summed E-state index contributed by atoms with van der Waals surface area (Å²) in [5, 5.41) is 0. The summed E-state index contributed by atoms with van der Waals surface area (Å²) in [6.45, 7) is 1.85. The molecule has 9 heteroatoms. The van der Waals surface area contributed by atoms with Crippen molar-refractivity contribution in [3.8, 4) is 0 Å². The van der Waals surface area contributed by atoms with E-state index in [2.05, 4.69) is 9.97 Å². The van der Waals surface area contributed by atoms with Crippen LogP contribution >= 0.6 is 0 Å². The number of aryl methyl sites for hydroxylation is 1. The molecule has 0 radical (unpaired) electrons. The summed E-state index contributed by atoms with van der Waals surface area (Å²) < 4.78 is 37.3. The minimum absolute atomic E-state index is 0.0213. The van der Waals surface area contributed by atoms with Crippen molar-refractivity contribution in [3.63, 3.8) is 0 Å². The lowest BCUT2D eigenvalue weighted by molar-refractivity contribution is -0.185. The van der Waals surface area contributed by atoms with Crippen molar-refractivity contribution in [2.24, 2.45) is 0 Å². The third-order valence-corrected chi connectivity index (χ3v) is 3.34. The van der Waals surface area contributed by atoms with Gasteiger partial charge in [-0.15, -0.1) is 0 Å². The fourth-order valence-electron chi connectivity index (χ4n) is 2.19. The highest BCUT2D eigenvalue weighted by Crippen LogP contribution is 2.19. The molecular weight excluding hydrogens is 301 g/mol. The van der Waals surface area contributed by atoms with E-state index in [0.29, 0.717) is 12.2 Å². The van der Waals surface area contributed by atoms with Crippen LogP contribution in [-0.2, 0) is 4.79 Å². The van der Waals surface area contributed by atoms with E-state index in [1.807, 2.05) is 0 Å². The van der Waals surface area contributed by atoms with Crippen LogP contribution < -0.4 is 0 Å². The molecule has 0 unspecified atom stereocenters. The van der Waals surface area contributed by atoms with Crippen LogP contribution in [0.5, 0.6) is 0 Å². The number of carbonyl (C=O) groups excluding carboxylic acids is 2. The molecule has 2 heterocycles. The van der Waals surface area contributed by atoms with Gasteiger partial charge in [-0.2, -0.15) is 13.2 Å². The van der Waals surface area contributed by atoms with E-state index in [9.17, 15) is 22.8 Å². The standard InChI is InChI=1S/C13H15F3N4O2/c1-9-17-7-10(8-18-9)11(21)19-3-2-4-20(6-5-19)12(22)13(14,15)16/h7-8H,2-6H2,1H3. The Kier molecular flexibility index (Phi) is 4.62. The molecule has 1 aromatic rings. The fourth-order valence-corrected chi connectivity index (χ4v) is 2.19. The van der Waals surface area contributed by atoms with Crippen LogP contribution in [0.25, 0.3) is 0 Å². The van der Waals surface area contributed by atoms with Gasteiger partial charge in [0.25, 0.3) is 5.91 Å². The zero-order valence-corrected chi connectivity index (χ0v) is 11.9. The summed E-state index contributed by atoms with van der Waals surface area (Å²) in [7, 11) is 0. The van der Waals surface area contributed by atoms with Crippen molar-refractivity contribution in [2.45, 2.75) is 19.5 Å². The molecule has 120 valence electrons. The highest BCUT2D eigenvalue weighted by Gasteiger charge is 2.42. The quantitative estimate of drug-likeness (QED) is 0.776. The van der Waals surface area contributed by atoms with Gasteiger partial charge in [0.05, 0.1) is 5.56 Å². The number of hydrogen-bond acceptors (Lipinski definition) is 4. The molecule has 2 rings (SSSR count). The van der Waals surface area contributed by atoms with Gasteiger partial charge in [-0.25, -0.2) is 9.97 Å². The molecule has 0 aliphatic carbocycles. The second-order valence-corrected chi connectivity index (χ2v) is 4.95. The van der Waals surface area contributed by atoms with Gasteiger partial charge in [0.1, 0.15) is 5.82 Å². The highest BCUT2D eigenvalue weighted by atomic mass is 19.4. The molecule has 0 atom stereocenters. The van der Waals surface area contributed by atoms with Gasteiger partial charge < -0.3 is 9.80 Å². The minimum Gasteiger partial charge on any atom is -0.337 e. The average molecular weight is 316 g/mol. The Morgan fingerprint density at radius 1 is 1.05 bits per heavy atom. The third-order valence-electron chi connectivity index (χ3n) is 3.34. The van der Waals surface area contributed by atoms with Crippen molar-refractivity contribution >= 4 is 11.8 Å². The molecule has 2 amide bonds. The Labute approximate surface area is 124 Å². The van der Waals surface area contributed by atoms with Crippen LogP contribution in [0.2, 0.25) is 0 Å². The van der Waals surface area contributed by atoms with Crippen LogP contribution in [0.3, 0.4) is 0 Å². The number of aromatic nitrogens is 2. The predicted molar refractivity (Wildman–Crippen MR) is 69.9 cm³/mol. The number of carbonyl (C=O) groups is 2. The molecular formula is C13H15F3N4O2. The molecule has 6 nitrogen and oxygen atoms in total. The SMILES string of the molecule is Cc1ncc(C(=O)N2CCCN(C(=O)C(F)(F)F)CC2)cn1. The van der Waals surface area contributed by atoms with Crippen molar-refractivity contribution in [1.29, 1.82) is 0 Å². The predicted octanol–water partition coefficient (Wildman–Crippen LogP) is 1.02. The molecule has 0 bridgehead atoms. The van der Waals surface area contributed by atoms with Gasteiger partial charge >= 0.3 is 12.1 Å². The monoisotopic (exact) mass is 316 g/mol. The third kappa shape index (κ3) is 3.71. The Bertz CT molecular complexity index is 559. The van der Waals surface area contributed by atoms with Gasteiger partial charge in [0, 0.05) is 38.6 Å². The van der Waals surface area contributed by atoms with Gasteiger partial charge in [-0.05, 0) is 13.3 Å². The summed E-state index contributed by atoms with van der Waals surface area (Å²) in [5.41, 5.74) is 0.279. The molecule has 1 aliphatic rings. The molecule has 0 N–H and O–H groups in total. The molecule has 1 saturated heterocycles. The first-order valence-electron chi connectivity index (χ1n) is 6.73. The van der Waals surface area contributed by atoms with Crippen molar-refractivity contribution < 1.29 is 22.8 Å². The molecule has 1 aromatic heterocycles. The van der Waals surface area contributed by atoms with Crippen LogP contribution in [0.1, 0.15) is 22.6 Å². The van der Waals surface area contributed by atoms with E-state index in [0.717, 1.165) is 4.90 Å². The number of amides is 2. The topological polar surface area (TPSA) is 66.4 Å². The summed E-state index contributed by atoms with van der Waals surface area (Å²) in [4.78, 5) is 33.5. The number of rotatable bonds is 1. The second-order valence-electron chi connectivity index (χ2n) is 4.95. The maximum atomic E-state index is 12.4. The van der Waals surface area contributed by atoms with Gasteiger partial charge in [0.15, 0.2) is 0 Å². The smallest absolute Gasteiger partial charge is 0.337 e. The Morgan fingerprint density at radius 3 is 2.18 bits per heavy atom. The highest BCUT2D eigenvalue weighted by molar-refractivity contribution is 5.93. The van der Waals surface area contributed by atoms with Crippen molar-refractivity contribution in [1.82, 2.24) is 19.8 Å². The summed E-state index contributed by atoms with van der Waals surface area (Å²) in [6, 6.07) is 0. The lowest BCUT2D eigenvalue weighted by atomic mass is 10.2. The second kappa shape index (κ2) is 6.29. The molecule has 1 fully saturated rings. The van der Waals surface area contributed by atoms with Crippen LogP contribution in [0, 0.1) is 6.92 Å². The molecule has 0 spiro atoms. The van der Waals surface area contributed by atoms with Crippen molar-refractivity contribution in [2.75, 3.05) is 26.2 Å². The summed E-state index contributed by atoms with van der Waals surface area (Å²) >= 11 is 0. The number of nitrogens with zero attached hydrogens (tertiary/aromatic N) is 4. The van der Waals surface area contributed by atoms with E-state index in [4.69, 9.17) is 0 Å². The zero-order chi connectivity index (χ0) is 16.3. The van der Waals surface area contributed by atoms with E-state index in [-0.39, 0.29) is 37.6 Å². The normalized spacial score (nSPS) is 16.4. The Hall–Kier alpha value is -2.19. The Balaban J connectivity index is 2.02. The lowest BCUT2D eigenvalue weighted by Gasteiger charge is -2.22. The van der Waals surface area contributed by atoms with Gasteiger partial charge in [-0.1, -0.05) is 0 Å². The van der Waals surface area contributed by atoms with Gasteiger partial charge in [-0.3, -0.25) is 9.59 Å². The summed E-state index contributed by atoms with van der Waals surface area (Å²) in [6.07, 6.45) is -1.83. The van der Waals surface area contributed by atoms with E-state index in [1.54, 1.807) is 6.92 Å². The lowest BCUT2D eigenvalue weighted by Crippen LogP contribution is -2.43. The van der Waals surface area contributed by atoms with Gasteiger partial charge in [0.2, 0.25) is 0 Å². The van der Waals surface area contributed by atoms with E-state index < -0.39 is 12.1 Å². The van der Waals surface area contributed by atoms with Crippen LogP contribution in [0.15, 0.2) is 12.4 Å². The van der Waals surface area contributed by atoms with E-state index in [1.165, 1.54) is 17.3 Å².